The second-order valence-electron chi connectivity index (χ2n) is 8.60. The molecule has 0 aliphatic carbocycles. The number of hydrogen-bond donors (Lipinski definition) is 1. The van der Waals surface area contributed by atoms with Gasteiger partial charge >= 0.3 is 0 Å². The summed E-state index contributed by atoms with van der Waals surface area (Å²) in [5, 5.41) is 2.64. The Morgan fingerprint density at radius 2 is 1.77 bits per heavy atom. The summed E-state index contributed by atoms with van der Waals surface area (Å²) < 4.78 is 0. The average molecular weight is 415 g/mol. The second kappa shape index (κ2) is 8.85. The number of nitrogens with zero attached hydrogens (tertiary/aromatic N) is 3. The Hall–Kier alpha value is -2.90. The van der Waals surface area contributed by atoms with Crippen molar-refractivity contribution < 1.29 is 19.2 Å². The van der Waals surface area contributed by atoms with Crippen LogP contribution < -0.4 is 10.2 Å². The average Bonchev–Trinajstić information content (AvgIpc) is 3.27. The first-order valence-electron chi connectivity index (χ1n) is 10.4. The van der Waals surface area contributed by atoms with Gasteiger partial charge in [0.05, 0.1) is 19.1 Å². The van der Waals surface area contributed by atoms with Gasteiger partial charge in [-0.05, 0) is 36.6 Å². The molecule has 0 bridgehead atoms. The van der Waals surface area contributed by atoms with Crippen LogP contribution in [0.4, 0.5) is 5.69 Å². The fraction of sp³-hybridized carbons (Fsp3) is 0.545. The lowest BCUT2D eigenvalue weighted by atomic mass is 10.1. The van der Waals surface area contributed by atoms with Crippen molar-refractivity contribution in [2.24, 2.45) is 5.92 Å². The van der Waals surface area contributed by atoms with Crippen molar-refractivity contribution in [3.63, 3.8) is 0 Å². The number of fused-ring (bicyclic) bond motifs is 1. The monoisotopic (exact) mass is 414 g/mol. The first-order chi connectivity index (χ1) is 14.2. The van der Waals surface area contributed by atoms with E-state index in [4.69, 9.17) is 0 Å². The number of hydrogen-bond acceptors (Lipinski definition) is 5. The Labute approximate surface area is 177 Å². The summed E-state index contributed by atoms with van der Waals surface area (Å²) in [7, 11) is 3.83. The van der Waals surface area contributed by atoms with Crippen LogP contribution in [0, 0.1) is 5.92 Å². The van der Waals surface area contributed by atoms with E-state index in [2.05, 4.69) is 5.32 Å². The topological polar surface area (TPSA) is 90.0 Å². The molecule has 0 spiro atoms. The molecule has 0 aromatic heterocycles. The summed E-state index contributed by atoms with van der Waals surface area (Å²) in [5.74, 6) is -0.556. The molecule has 3 amide bonds. The maximum absolute atomic E-state index is 12.7. The molecule has 30 heavy (non-hydrogen) atoms. The number of ketones is 1. The van der Waals surface area contributed by atoms with Crippen LogP contribution in [0.3, 0.4) is 0 Å². The van der Waals surface area contributed by atoms with Crippen LogP contribution in [0.1, 0.15) is 37.0 Å². The van der Waals surface area contributed by atoms with E-state index in [9.17, 15) is 19.2 Å². The zero-order chi connectivity index (χ0) is 22.0. The summed E-state index contributed by atoms with van der Waals surface area (Å²) >= 11 is 0. The van der Waals surface area contributed by atoms with Gasteiger partial charge in [0.25, 0.3) is 5.91 Å². The van der Waals surface area contributed by atoms with Crippen LogP contribution >= 0.6 is 0 Å². The van der Waals surface area contributed by atoms with E-state index < -0.39 is 6.04 Å². The molecule has 3 rings (SSSR count). The number of nitrogens with one attached hydrogen (secondary N) is 1. The van der Waals surface area contributed by atoms with Gasteiger partial charge in [-0.25, -0.2) is 0 Å². The van der Waals surface area contributed by atoms with Gasteiger partial charge in [-0.3, -0.25) is 19.2 Å². The van der Waals surface area contributed by atoms with Crippen molar-refractivity contribution in [2.45, 2.75) is 38.8 Å². The minimum absolute atomic E-state index is 0.0328. The predicted molar refractivity (Wildman–Crippen MR) is 113 cm³/mol. The third-order valence-corrected chi connectivity index (χ3v) is 5.69. The number of amides is 3. The molecule has 8 nitrogen and oxygen atoms in total. The largest absolute Gasteiger partial charge is 0.378 e. The molecular weight excluding hydrogens is 384 g/mol. The van der Waals surface area contributed by atoms with Crippen molar-refractivity contribution in [2.75, 3.05) is 38.6 Å². The smallest absolute Gasteiger partial charge is 0.251 e. The molecule has 2 aliphatic rings. The highest BCUT2D eigenvalue weighted by Gasteiger charge is 2.51. The molecule has 2 heterocycles. The van der Waals surface area contributed by atoms with Gasteiger partial charge in [-0.2, -0.15) is 0 Å². The normalized spacial score (nSPS) is 20.5. The van der Waals surface area contributed by atoms with Gasteiger partial charge < -0.3 is 20.0 Å². The number of anilines is 1. The highest BCUT2D eigenvalue weighted by Crippen LogP contribution is 2.30. The summed E-state index contributed by atoms with van der Waals surface area (Å²) in [6.07, 6.45) is 0.985. The van der Waals surface area contributed by atoms with Crippen LogP contribution in [0.15, 0.2) is 24.3 Å². The van der Waals surface area contributed by atoms with E-state index in [-0.39, 0.29) is 48.6 Å². The Kier molecular flexibility index (Phi) is 6.43. The number of likely N-dealkylation sites (tertiary alicyclic amines) is 2. The molecule has 2 aliphatic heterocycles. The van der Waals surface area contributed by atoms with E-state index in [1.54, 1.807) is 17.0 Å². The molecule has 2 saturated heterocycles. The fourth-order valence-corrected chi connectivity index (χ4v) is 4.16. The summed E-state index contributed by atoms with van der Waals surface area (Å²) in [6.45, 7) is 4.24. The lowest BCUT2D eigenvalue weighted by molar-refractivity contribution is -0.135. The lowest BCUT2D eigenvalue weighted by Gasteiger charge is -2.25. The fourth-order valence-electron chi connectivity index (χ4n) is 4.16. The van der Waals surface area contributed by atoms with E-state index in [1.807, 2.05) is 45.0 Å². The SMILES string of the molecule is CC(C)CC(=O)N1CC(=O)[C@@H]2[C@H]1CCN2C(=O)CNC(=O)c1ccc(N(C)C)cc1. The summed E-state index contributed by atoms with van der Waals surface area (Å²) in [5.41, 5.74) is 1.44. The van der Waals surface area contributed by atoms with Gasteiger partial charge in [0.2, 0.25) is 11.8 Å². The molecule has 162 valence electrons. The van der Waals surface area contributed by atoms with E-state index in [0.717, 1.165) is 5.69 Å². The molecule has 2 fully saturated rings. The number of carbonyl (C=O) groups excluding carboxylic acids is 4. The zero-order valence-corrected chi connectivity index (χ0v) is 18.1. The molecule has 1 aromatic rings. The Bertz CT molecular complexity index is 834. The van der Waals surface area contributed by atoms with Gasteiger partial charge in [0.15, 0.2) is 5.78 Å². The molecule has 0 radical (unpaired) electrons. The maximum Gasteiger partial charge on any atom is 0.251 e. The third-order valence-electron chi connectivity index (χ3n) is 5.69. The molecule has 1 aromatic carbocycles. The Morgan fingerprint density at radius 1 is 1.10 bits per heavy atom. The molecule has 8 heteroatoms. The summed E-state index contributed by atoms with van der Waals surface area (Å²) in [4.78, 5) is 55.2. The number of carbonyl (C=O) groups is 4. The summed E-state index contributed by atoms with van der Waals surface area (Å²) in [6, 6.07) is 6.25. The van der Waals surface area contributed by atoms with Crippen molar-refractivity contribution >= 4 is 29.2 Å². The van der Waals surface area contributed by atoms with Crippen LogP contribution in [-0.4, -0.2) is 79.1 Å². The van der Waals surface area contributed by atoms with Crippen molar-refractivity contribution in [3.05, 3.63) is 29.8 Å². The number of rotatable bonds is 6. The van der Waals surface area contributed by atoms with E-state index in [1.165, 1.54) is 4.90 Å². The highest BCUT2D eigenvalue weighted by atomic mass is 16.2. The van der Waals surface area contributed by atoms with Crippen LogP contribution in [0.2, 0.25) is 0 Å². The standard InChI is InChI=1S/C22H30N4O4/c1-14(2)11-19(28)26-13-18(27)21-17(26)9-10-25(21)20(29)12-23-22(30)15-5-7-16(8-6-15)24(3)4/h5-8,14,17,21H,9-13H2,1-4H3,(H,23,30)/t17-,21+/m1/s1. The van der Waals surface area contributed by atoms with Crippen molar-refractivity contribution in [1.82, 2.24) is 15.1 Å². The second-order valence-corrected chi connectivity index (χ2v) is 8.60. The Morgan fingerprint density at radius 3 is 2.37 bits per heavy atom. The third kappa shape index (κ3) is 4.47. The molecule has 0 saturated carbocycles. The van der Waals surface area contributed by atoms with Gasteiger partial charge in [-0.1, -0.05) is 13.8 Å². The van der Waals surface area contributed by atoms with Crippen LogP contribution in [0.25, 0.3) is 0 Å². The predicted octanol–water partition coefficient (Wildman–Crippen LogP) is 0.909. The van der Waals surface area contributed by atoms with Crippen LogP contribution in [0.5, 0.6) is 0 Å². The first-order valence-corrected chi connectivity index (χ1v) is 10.4. The van der Waals surface area contributed by atoms with Crippen molar-refractivity contribution in [1.29, 1.82) is 0 Å². The first kappa shape index (κ1) is 21.8. The van der Waals surface area contributed by atoms with Gasteiger partial charge in [0, 0.05) is 38.3 Å². The van der Waals surface area contributed by atoms with E-state index >= 15 is 0 Å². The quantitative estimate of drug-likeness (QED) is 0.747. The van der Waals surface area contributed by atoms with Crippen LogP contribution in [-0.2, 0) is 14.4 Å². The number of benzene rings is 1. The van der Waals surface area contributed by atoms with Crippen molar-refractivity contribution in [3.8, 4) is 0 Å². The highest BCUT2D eigenvalue weighted by molar-refractivity contribution is 5.99. The van der Waals surface area contributed by atoms with Gasteiger partial charge in [0.1, 0.15) is 6.04 Å². The molecular formula is C22H30N4O4. The minimum Gasteiger partial charge on any atom is -0.378 e. The van der Waals surface area contributed by atoms with Gasteiger partial charge in [-0.15, -0.1) is 0 Å². The zero-order valence-electron chi connectivity index (χ0n) is 18.1. The molecule has 2 atom stereocenters. The molecule has 0 unspecified atom stereocenters. The lowest BCUT2D eigenvalue weighted by Crippen LogP contribution is -2.47. The minimum atomic E-state index is -0.593. The Balaban J connectivity index is 1.58. The number of Topliss-reactive ketones (excluding diaryl/α,β-unsaturated/α-hetero) is 1. The van der Waals surface area contributed by atoms with E-state index in [0.29, 0.717) is 24.9 Å². The maximum atomic E-state index is 12.7. The molecule has 1 N–H and O–H groups in total.